The van der Waals surface area contributed by atoms with Gasteiger partial charge in [0.15, 0.2) is 0 Å². The molecule has 0 bridgehead atoms. The number of hydrogen-bond donors (Lipinski definition) is 2. The number of aliphatic imine (C=N–C) groups is 1. The third-order valence-electron chi connectivity index (χ3n) is 3.79. The second kappa shape index (κ2) is 6.10. The van der Waals surface area contributed by atoms with Gasteiger partial charge in [-0.2, -0.15) is 0 Å². The van der Waals surface area contributed by atoms with Gasteiger partial charge < -0.3 is 10.2 Å². The van der Waals surface area contributed by atoms with E-state index in [1.165, 1.54) is 30.0 Å². The van der Waals surface area contributed by atoms with Crippen molar-refractivity contribution in [3.8, 4) is 5.75 Å². The Hall–Kier alpha value is -1.25. The number of hydrogen-bond acceptors (Lipinski definition) is 6. The first-order valence-corrected chi connectivity index (χ1v) is 8.76. The van der Waals surface area contributed by atoms with Gasteiger partial charge in [-0.1, -0.05) is 0 Å². The fraction of sp³-hybridized carbons (Fsp3) is 0.429. The first-order valence-electron chi connectivity index (χ1n) is 6.73. The van der Waals surface area contributed by atoms with E-state index in [1.54, 1.807) is 18.8 Å². The van der Waals surface area contributed by atoms with Crippen molar-refractivity contribution in [2.45, 2.75) is 17.5 Å². The summed E-state index contributed by atoms with van der Waals surface area (Å²) in [5.74, 6) is -0.00925. The highest BCUT2D eigenvalue weighted by Crippen LogP contribution is 2.37. The standard InChI is InChI=1S/C14H15FN2O3S2/c1-17-10(14(19)20)6-22-13(17)9-5-21-12(16-9)8-4-7(15)2-3-11(8)18/h2-4,9-10,13,18H,5-6H2,1H3,(H,19,20)/t9?,10-,13-/m1/s1. The SMILES string of the molecule is CN1[C@@H](C(=O)O)CS[C@@H]1C1CSC(c2cc(F)ccc2O)=N1. The molecule has 1 saturated heterocycles. The van der Waals surface area contributed by atoms with Gasteiger partial charge in [-0.05, 0) is 25.2 Å². The fourth-order valence-electron chi connectivity index (χ4n) is 2.59. The second-order valence-corrected chi connectivity index (χ2v) is 7.38. The molecule has 1 unspecified atom stereocenters. The zero-order valence-corrected chi connectivity index (χ0v) is 13.4. The average Bonchev–Trinajstić information content (AvgIpc) is 3.07. The maximum Gasteiger partial charge on any atom is 0.321 e. The number of likely N-dealkylation sites (N-methyl/N-ethyl adjacent to an activating group) is 1. The molecule has 3 atom stereocenters. The van der Waals surface area contributed by atoms with Crippen LogP contribution in [0, 0.1) is 5.82 Å². The average molecular weight is 342 g/mol. The lowest BCUT2D eigenvalue weighted by Gasteiger charge is -2.24. The summed E-state index contributed by atoms with van der Waals surface area (Å²) in [6.45, 7) is 0. The van der Waals surface area contributed by atoms with Crippen LogP contribution in [-0.4, -0.2) is 62.1 Å². The molecule has 118 valence electrons. The maximum absolute atomic E-state index is 13.3. The van der Waals surface area contributed by atoms with Crippen LogP contribution < -0.4 is 0 Å². The first kappa shape index (κ1) is 15.6. The molecule has 0 spiro atoms. The topological polar surface area (TPSA) is 73.1 Å². The van der Waals surface area contributed by atoms with Crippen LogP contribution in [0.15, 0.2) is 23.2 Å². The molecule has 2 aliphatic rings. The summed E-state index contributed by atoms with van der Waals surface area (Å²) in [6, 6.07) is 3.23. The maximum atomic E-state index is 13.3. The highest BCUT2D eigenvalue weighted by atomic mass is 32.2. The zero-order valence-electron chi connectivity index (χ0n) is 11.8. The molecule has 0 aromatic heterocycles. The minimum Gasteiger partial charge on any atom is -0.507 e. The van der Waals surface area contributed by atoms with Crippen LogP contribution in [0.3, 0.4) is 0 Å². The number of carboxylic acid groups (broad SMARTS) is 1. The predicted octanol–water partition coefficient (Wildman–Crippen LogP) is 1.85. The quantitative estimate of drug-likeness (QED) is 0.873. The highest BCUT2D eigenvalue weighted by Gasteiger charge is 2.41. The van der Waals surface area contributed by atoms with E-state index in [0.29, 0.717) is 22.1 Å². The number of rotatable bonds is 3. The van der Waals surface area contributed by atoms with Gasteiger partial charge in [-0.3, -0.25) is 14.7 Å². The summed E-state index contributed by atoms with van der Waals surface area (Å²) < 4.78 is 13.3. The summed E-state index contributed by atoms with van der Waals surface area (Å²) in [6.07, 6.45) is 0. The van der Waals surface area contributed by atoms with Crippen LogP contribution in [0.5, 0.6) is 5.75 Å². The van der Waals surface area contributed by atoms with Gasteiger partial charge in [0, 0.05) is 11.5 Å². The molecule has 2 N–H and O–H groups in total. The number of halogens is 1. The summed E-state index contributed by atoms with van der Waals surface area (Å²) >= 11 is 3.04. The van der Waals surface area contributed by atoms with Crippen molar-refractivity contribution in [3.63, 3.8) is 0 Å². The van der Waals surface area contributed by atoms with Crippen molar-refractivity contribution in [1.29, 1.82) is 0 Å². The Morgan fingerprint density at radius 2 is 2.23 bits per heavy atom. The molecule has 1 aromatic rings. The minimum absolute atomic E-state index is 0.00384. The van der Waals surface area contributed by atoms with Crippen molar-refractivity contribution in [2.24, 2.45) is 4.99 Å². The van der Waals surface area contributed by atoms with Crippen molar-refractivity contribution >= 4 is 34.5 Å². The molecule has 2 aliphatic heterocycles. The van der Waals surface area contributed by atoms with Gasteiger partial charge >= 0.3 is 5.97 Å². The van der Waals surface area contributed by atoms with Crippen LogP contribution in [0.2, 0.25) is 0 Å². The molecular weight excluding hydrogens is 327 g/mol. The van der Waals surface area contributed by atoms with E-state index in [-0.39, 0.29) is 17.2 Å². The molecule has 22 heavy (non-hydrogen) atoms. The molecular formula is C14H15FN2O3S2. The number of aliphatic carboxylic acids is 1. The third kappa shape index (κ3) is 2.82. The summed E-state index contributed by atoms with van der Waals surface area (Å²) in [5, 5.41) is 19.6. The molecule has 8 heteroatoms. The molecule has 5 nitrogen and oxygen atoms in total. The Morgan fingerprint density at radius 3 is 2.91 bits per heavy atom. The second-order valence-electron chi connectivity index (χ2n) is 5.22. The van der Waals surface area contributed by atoms with E-state index in [4.69, 9.17) is 0 Å². The van der Waals surface area contributed by atoms with Crippen LogP contribution in [0.4, 0.5) is 4.39 Å². The Bertz CT molecular complexity index is 641. The van der Waals surface area contributed by atoms with E-state index in [0.717, 1.165) is 0 Å². The van der Waals surface area contributed by atoms with Crippen molar-refractivity contribution in [3.05, 3.63) is 29.6 Å². The van der Waals surface area contributed by atoms with Crippen LogP contribution in [-0.2, 0) is 4.79 Å². The Balaban J connectivity index is 1.80. The summed E-state index contributed by atoms with van der Waals surface area (Å²) in [5.41, 5.74) is 0.396. The number of phenolic OH excluding ortho intramolecular Hbond substituents is 1. The Morgan fingerprint density at radius 1 is 1.45 bits per heavy atom. The van der Waals surface area contributed by atoms with Crippen LogP contribution in [0.25, 0.3) is 0 Å². The van der Waals surface area contributed by atoms with E-state index in [1.807, 2.05) is 4.90 Å². The molecule has 2 heterocycles. The lowest BCUT2D eigenvalue weighted by Crippen LogP contribution is -2.42. The van der Waals surface area contributed by atoms with E-state index >= 15 is 0 Å². The third-order valence-corrected chi connectivity index (χ3v) is 6.40. The largest absolute Gasteiger partial charge is 0.507 e. The molecule has 0 radical (unpaired) electrons. The number of thioether (sulfide) groups is 2. The van der Waals surface area contributed by atoms with Crippen molar-refractivity contribution in [2.75, 3.05) is 18.6 Å². The highest BCUT2D eigenvalue weighted by molar-refractivity contribution is 8.14. The molecule has 0 amide bonds. The Labute approximate surface area is 135 Å². The molecule has 0 saturated carbocycles. The number of carbonyl (C=O) groups is 1. The lowest BCUT2D eigenvalue weighted by molar-refractivity contribution is -0.141. The van der Waals surface area contributed by atoms with E-state index in [9.17, 15) is 19.4 Å². The van der Waals surface area contributed by atoms with Gasteiger partial charge in [0.25, 0.3) is 0 Å². The van der Waals surface area contributed by atoms with Gasteiger partial charge in [-0.25, -0.2) is 4.39 Å². The molecule has 1 fully saturated rings. The smallest absolute Gasteiger partial charge is 0.321 e. The van der Waals surface area contributed by atoms with Crippen LogP contribution in [0.1, 0.15) is 5.56 Å². The first-order chi connectivity index (χ1) is 10.5. The number of nitrogens with zero attached hydrogens (tertiary/aromatic N) is 2. The molecule has 1 aromatic carbocycles. The predicted molar refractivity (Wildman–Crippen MR) is 86.3 cm³/mol. The normalized spacial score (nSPS) is 28.8. The van der Waals surface area contributed by atoms with E-state index in [2.05, 4.69) is 4.99 Å². The summed E-state index contributed by atoms with van der Waals surface area (Å²) in [7, 11) is 1.79. The molecule has 0 aliphatic carbocycles. The number of carboxylic acids is 1. The fourth-order valence-corrected chi connectivity index (χ4v) is 5.35. The van der Waals surface area contributed by atoms with E-state index < -0.39 is 17.8 Å². The van der Waals surface area contributed by atoms with Gasteiger partial charge in [0.1, 0.15) is 22.7 Å². The summed E-state index contributed by atoms with van der Waals surface area (Å²) in [4.78, 5) is 17.6. The number of benzene rings is 1. The van der Waals surface area contributed by atoms with Gasteiger partial charge in [-0.15, -0.1) is 23.5 Å². The molecule has 3 rings (SSSR count). The monoisotopic (exact) mass is 342 g/mol. The number of aromatic hydroxyl groups is 1. The number of phenols is 1. The lowest BCUT2D eigenvalue weighted by atomic mass is 10.2. The van der Waals surface area contributed by atoms with Crippen LogP contribution >= 0.6 is 23.5 Å². The van der Waals surface area contributed by atoms with Gasteiger partial charge in [0.05, 0.1) is 17.0 Å². The van der Waals surface area contributed by atoms with Crippen molar-refractivity contribution < 1.29 is 19.4 Å². The Kier molecular flexibility index (Phi) is 4.33. The minimum atomic E-state index is -0.824. The zero-order chi connectivity index (χ0) is 15.9. The van der Waals surface area contributed by atoms with Gasteiger partial charge in [0.2, 0.25) is 0 Å². The van der Waals surface area contributed by atoms with Crippen molar-refractivity contribution in [1.82, 2.24) is 4.90 Å².